The van der Waals surface area contributed by atoms with E-state index in [1.54, 1.807) is 6.07 Å². The molecule has 1 aromatic heterocycles. The Kier molecular flexibility index (Phi) is 2.86. The van der Waals surface area contributed by atoms with Gasteiger partial charge in [-0.15, -0.1) is 0 Å². The lowest BCUT2D eigenvalue weighted by Gasteiger charge is -2.20. The van der Waals surface area contributed by atoms with Crippen LogP contribution >= 0.6 is 0 Å². The second-order valence-electron chi connectivity index (χ2n) is 4.17. The molecule has 0 radical (unpaired) electrons. The molecule has 0 aromatic carbocycles. The van der Waals surface area contributed by atoms with Gasteiger partial charge >= 0.3 is 0 Å². The first kappa shape index (κ1) is 10.4. The Morgan fingerprint density at radius 3 is 2.87 bits per heavy atom. The molecule has 3 nitrogen and oxygen atoms in total. The second-order valence-corrected chi connectivity index (χ2v) is 4.17. The van der Waals surface area contributed by atoms with Crippen molar-refractivity contribution in [3.8, 4) is 0 Å². The van der Waals surface area contributed by atoms with E-state index in [0.29, 0.717) is 6.04 Å². The topological polar surface area (TPSA) is 19.4 Å². The molecule has 1 unspecified atom stereocenters. The summed E-state index contributed by atoms with van der Waals surface area (Å²) < 4.78 is 12.9. The number of aromatic nitrogens is 1. The van der Waals surface area contributed by atoms with Crippen LogP contribution in [0.4, 0.5) is 10.2 Å². The summed E-state index contributed by atoms with van der Waals surface area (Å²) in [5.41, 5.74) is 0. The van der Waals surface area contributed by atoms with E-state index in [2.05, 4.69) is 28.9 Å². The summed E-state index contributed by atoms with van der Waals surface area (Å²) in [7, 11) is 4.15. The average molecular weight is 209 g/mol. The van der Waals surface area contributed by atoms with Gasteiger partial charge in [0.05, 0.1) is 0 Å². The third-order valence-corrected chi connectivity index (χ3v) is 2.92. The number of hydrogen-bond acceptors (Lipinski definition) is 3. The molecule has 15 heavy (non-hydrogen) atoms. The molecule has 1 fully saturated rings. The van der Waals surface area contributed by atoms with E-state index in [9.17, 15) is 4.39 Å². The Bertz CT molecular complexity index is 340. The van der Waals surface area contributed by atoms with Crippen molar-refractivity contribution < 1.29 is 4.39 Å². The van der Waals surface area contributed by atoms with Crippen molar-refractivity contribution in [1.82, 2.24) is 9.88 Å². The quantitative estimate of drug-likeness (QED) is 0.686. The zero-order valence-electron chi connectivity index (χ0n) is 9.15. The van der Waals surface area contributed by atoms with Gasteiger partial charge in [-0.05, 0) is 32.6 Å². The highest BCUT2D eigenvalue weighted by molar-refractivity contribution is 5.39. The lowest BCUT2D eigenvalue weighted by Crippen LogP contribution is -2.31. The fourth-order valence-electron chi connectivity index (χ4n) is 1.95. The maximum atomic E-state index is 12.9. The molecular weight excluding hydrogens is 193 g/mol. The fourth-order valence-corrected chi connectivity index (χ4v) is 1.95. The maximum absolute atomic E-state index is 12.9. The Balaban J connectivity index is 2.08. The first-order chi connectivity index (χ1) is 7.16. The van der Waals surface area contributed by atoms with Crippen molar-refractivity contribution in [1.29, 1.82) is 0 Å². The number of rotatable bonds is 2. The molecule has 1 aliphatic rings. The Morgan fingerprint density at radius 2 is 2.27 bits per heavy atom. The van der Waals surface area contributed by atoms with Crippen molar-refractivity contribution in [3.05, 3.63) is 24.1 Å². The highest BCUT2D eigenvalue weighted by Gasteiger charge is 2.24. The van der Waals surface area contributed by atoms with Gasteiger partial charge in [0.2, 0.25) is 5.95 Å². The summed E-state index contributed by atoms with van der Waals surface area (Å²) in [5.74, 6) is 0.347. The number of nitrogens with zero attached hydrogens (tertiary/aromatic N) is 3. The molecule has 82 valence electrons. The molecular formula is C11H16FN3. The van der Waals surface area contributed by atoms with Gasteiger partial charge < -0.3 is 9.80 Å². The van der Waals surface area contributed by atoms with E-state index in [1.807, 2.05) is 6.07 Å². The van der Waals surface area contributed by atoms with E-state index in [0.717, 1.165) is 25.3 Å². The van der Waals surface area contributed by atoms with Crippen LogP contribution in [0.2, 0.25) is 0 Å². The molecule has 2 heterocycles. The van der Waals surface area contributed by atoms with Crippen LogP contribution < -0.4 is 4.90 Å². The lowest BCUT2D eigenvalue weighted by atomic mass is 10.2. The third-order valence-electron chi connectivity index (χ3n) is 2.92. The van der Waals surface area contributed by atoms with E-state index in [4.69, 9.17) is 0 Å². The second kappa shape index (κ2) is 4.14. The Hall–Kier alpha value is -1.16. The molecule has 4 heteroatoms. The molecule has 0 bridgehead atoms. The van der Waals surface area contributed by atoms with Crippen LogP contribution in [0.15, 0.2) is 18.2 Å². The van der Waals surface area contributed by atoms with Crippen molar-refractivity contribution in [3.63, 3.8) is 0 Å². The monoisotopic (exact) mass is 209 g/mol. The van der Waals surface area contributed by atoms with Gasteiger partial charge in [0, 0.05) is 19.1 Å². The smallest absolute Gasteiger partial charge is 0.214 e. The van der Waals surface area contributed by atoms with Gasteiger partial charge in [-0.2, -0.15) is 4.39 Å². The molecule has 0 spiro atoms. The SMILES string of the molecule is CN(C)C1CCN(c2cccc(F)n2)C1. The summed E-state index contributed by atoms with van der Waals surface area (Å²) in [6, 6.07) is 5.50. The molecule has 1 saturated heterocycles. The summed E-state index contributed by atoms with van der Waals surface area (Å²) >= 11 is 0. The zero-order chi connectivity index (χ0) is 10.8. The highest BCUT2D eigenvalue weighted by atomic mass is 19.1. The van der Waals surface area contributed by atoms with Crippen molar-refractivity contribution >= 4 is 5.82 Å². The molecule has 0 amide bonds. The lowest BCUT2D eigenvalue weighted by molar-refractivity contribution is 0.315. The van der Waals surface area contributed by atoms with Gasteiger partial charge in [0.25, 0.3) is 0 Å². The van der Waals surface area contributed by atoms with Crippen LogP contribution in [0.5, 0.6) is 0 Å². The number of anilines is 1. The minimum Gasteiger partial charge on any atom is -0.355 e. The van der Waals surface area contributed by atoms with E-state index in [1.165, 1.54) is 6.07 Å². The maximum Gasteiger partial charge on any atom is 0.214 e. The fraction of sp³-hybridized carbons (Fsp3) is 0.545. The summed E-state index contributed by atoms with van der Waals surface area (Å²) in [6.07, 6.45) is 1.12. The van der Waals surface area contributed by atoms with Crippen LogP contribution in [0.25, 0.3) is 0 Å². The number of likely N-dealkylation sites (N-methyl/N-ethyl adjacent to an activating group) is 1. The highest BCUT2D eigenvalue weighted by Crippen LogP contribution is 2.19. The predicted octanol–water partition coefficient (Wildman–Crippen LogP) is 1.36. The molecule has 2 rings (SSSR count). The molecule has 0 aliphatic carbocycles. The molecule has 1 aliphatic heterocycles. The van der Waals surface area contributed by atoms with Gasteiger partial charge in [-0.1, -0.05) is 6.07 Å². The van der Waals surface area contributed by atoms with E-state index < -0.39 is 5.95 Å². The number of halogens is 1. The summed E-state index contributed by atoms with van der Waals surface area (Å²) in [4.78, 5) is 8.23. The van der Waals surface area contributed by atoms with Gasteiger partial charge in [-0.3, -0.25) is 0 Å². The number of hydrogen-bond donors (Lipinski definition) is 0. The minimum absolute atomic E-state index is 0.402. The molecule has 0 saturated carbocycles. The summed E-state index contributed by atoms with van der Waals surface area (Å²) in [6.45, 7) is 1.89. The van der Waals surface area contributed by atoms with E-state index in [-0.39, 0.29) is 0 Å². The van der Waals surface area contributed by atoms with Crippen LogP contribution in [-0.2, 0) is 0 Å². The number of pyridine rings is 1. The van der Waals surface area contributed by atoms with Crippen molar-refractivity contribution in [2.24, 2.45) is 0 Å². The Morgan fingerprint density at radius 1 is 1.47 bits per heavy atom. The van der Waals surface area contributed by atoms with Crippen molar-refractivity contribution in [2.75, 3.05) is 32.1 Å². The first-order valence-electron chi connectivity index (χ1n) is 5.21. The molecule has 1 aromatic rings. The van der Waals surface area contributed by atoms with Crippen LogP contribution in [-0.4, -0.2) is 43.1 Å². The third kappa shape index (κ3) is 2.26. The van der Waals surface area contributed by atoms with Gasteiger partial charge in [0.1, 0.15) is 5.82 Å². The zero-order valence-corrected chi connectivity index (χ0v) is 9.15. The van der Waals surface area contributed by atoms with Crippen molar-refractivity contribution in [2.45, 2.75) is 12.5 Å². The van der Waals surface area contributed by atoms with Gasteiger partial charge in [-0.25, -0.2) is 4.98 Å². The standard InChI is InChI=1S/C11H16FN3/c1-14(2)9-6-7-15(8-9)11-5-3-4-10(12)13-11/h3-5,9H,6-8H2,1-2H3. The average Bonchev–Trinajstić information content (AvgIpc) is 2.66. The molecule has 0 N–H and O–H groups in total. The normalized spacial score (nSPS) is 21.3. The predicted molar refractivity (Wildman–Crippen MR) is 58.5 cm³/mol. The largest absolute Gasteiger partial charge is 0.355 e. The van der Waals surface area contributed by atoms with Gasteiger partial charge in [0.15, 0.2) is 0 Å². The summed E-state index contributed by atoms with van der Waals surface area (Å²) in [5, 5.41) is 0. The van der Waals surface area contributed by atoms with E-state index >= 15 is 0 Å². The first-order valence-corrected chi connectivity index (χ1v) is 5.21. The van der Waals surface area contributed by atoms with Crippen LogP contribution in [0.1, 0.15) is 6.42 Å². The molecule has 1 atom stereocenters. The Labute approximate surface area is 89.5 Å². The van der Waals surface area contributed by atoms with Crippen LogP contribution in [0, 0.1) is 5.95 Å². The minimum atomic E-state index is -0.402. The van der Waals surface area contributed by atoms with Crippen LogP contribution in [0.3, 0.4) is 0 Å².